The van der Waals surface area contributed by atoms with Gasteiger partial charge in [-0.15, -0.1) is 0 Å². The largest absolute Gasteiger partial charge is 0.487 e. The number of hydrogen-bond acceptors (Lipinski definition) is 5. The number of carbonyl (C=O) groups excluding carboxylic acids is 1. The maximum absolute atomic E-state index is 13.6. The molecule has 1 unspecified atom stereocenters. The van der Waals surface area contributed by atoms with Crippen LogP contribution in [0.3, 0.4) is 0 Å². The predicted molar refractivity (Wildman–Crippen MR) is 164 cm³/mol. The first-order chi connectivity index (χ1) is 18.7. The first-order valence-corrected chi connectivity index (χ1v) is 15.5. The molecule has 3 rings (SSSR count). The topological polar surface area (TPSA) is 62.6 Å². The van der Waals surface area contributed by atoms with E-state index in [2.05, 4.69) is 91.5 Å². The van der Waals surface area contributed by atoms with E-state index in [1.54, 1.807) is 0 Å². The highest BCUT2D eigenvalue weighted by molar-refractivity contribution is 5.76. The Balaban J connectivity index is 1.97. The van der Waals surface area contributed by atoms with Gasteiger partial charge in [0.2, 0.25) is 0 Å². The number of nitriles is 1. The molecular weight excluding hydrogens is 496 g/mol. The van der Waals surface area contributed by atoms with E-state index in [4.69, 9.17) is 14.7 Å². The molecule has 1 aromatic rings. The average Bonchev–Trinajstić information content (AvgIpc) is 2.85. The third-order valence-corrected chi connectivity index (χ3v) is 9.37. The lowest BCUT2D eigenvalue weighted by atomic mass is 9.66. The Hall–Kier alpha value is -2.32. The zero-order chi connectivity index (χ0) is 29.8. The maximum Gasteiger partial charge on any atom is 0.314 e. The standard InChI is InChI=1S/C35H54N2O3/c1-23(2)37(24(3)4)19-16-26(6)33(38)39-30-21-27(34(7,8)17-12-11-13-18-36)22-31-32(30)28-20-25(5)14-15-29(28)35(9,10)40-31/h14,21-24,26,28-29H,11-13,15-17,19-20H2,1-10H3/t26?,28-,29-/m1/s1. The van der Waals surface area contributed by atoms with Gasteiger partial charge in [0, 0.05) is 35.9 Å². The number of fused-ring (bicyclic) bond motifs is 3. The van der Waals surface area contributed by atoms with E-state index in [1.807, 2.05) is 6.92 Å². The van der Waals surface area contributed by atoms with Crippen LogP contribution in [0.4, 0.5) is 0 Å². The van der Waals surface area contributed by atoms with Crippen LogP contribution in [-0.4, -0.2) is 35.1 Å². The van der Waals surface area contributed by atoms with Gasteiger partial charge in [-0.1, -0.05) is 38.8 Å². The third-order valence-electron chi connectivity index (χ3n) is 9.37. The van der Waals surface area contributed by atoms with Crippen LogP contribution in [0.2, 0.25) is 0 Å². The number of esters is 1. The monoisotopic (exact) mass is 550 g/mol. The minimum Gasteiger partial charge on any atom is -0.487 e. The average molecular weight is 551 g/mol. The summed E-state index contributed by atoms with van der Waals surface area (Å²) in [6, 6.07) is 7.45. The zero-order valence-corrected chi connectivity index (χ0v) is 26.9. The third kappa shape index (κ3) is 7.49. The molecule has 0 saturated heterocycles. The highest BCUT2D eigenvalue weighted by Crippen LogP contribution is 2.55. The van der Waals surface area contributed by atoms with Gasteiger partial charge in [0.05, 0.1) is 12.0 Å². The van der Waals surface area contributed by atoms with Crippen LogP contribution in [0.25, 0.3) is 0 Å². The van der Waals surface area contributed by atoms with E-state index in [9.17, 15) is 4.79 Å². The summed E-state index contributed by atoms with van der Waals surface area (Å²) in [5, 5.41) is 8.97. The Labute approximate surface area is 244 Å². The second-order valence-electron chi connectivity index (χ2n) is 14.1. The van der Waals surface area contributed by atoms with E-state index < -0.39 is 0 Å². The second-order valence-corrected chi connectivity index (χ2v) is 14.1. The molecule has 1 aliphatic carbocycles. The van der Waals surface area contributed by atoms with Gasteiger partial charge in [-0.3, -0.25) is 9.69 Å². The van der Waals surface area contributed by atoms with Crippen molar-refractivity contribution in [1.29, 1.82) is 5.26 Å². The van der Waals surface area contributed by atoms with Crippen molar-refractivity contribution >= 4 is 5.97 Å². The van der Waals surface area contributed by atoms with Crippen LogP contribution in [-0.2, 0) is 10.2 Å². The van der Waals surface area contributed by atoms with Crippen molar-refractivity contribution in [1.82, 2.24) is 4.90 Å². The fourth-order valence-electron chi connectivity index (χ4n) is 6.72. The number of hydrogen-bond donors (Lipinski definition) is 0. The van der Waals surface area contributed by atoms with Crippen LogP contribution >= 0.6 is 0 Å². The first kappa shape index (κ1) is 32.2. The fraction of sp³-hybridized carbons (Fsp3) is 0.714. The van der Waals surface area contributed by atoms with E-state index in [-0.39, 0.29) is 28.8 Å². The molecule has 222 valence electrons. The molecule has 1 heterocycles. The maximum atomic E-state index is 13.6. The Bertz CT molecular complexity index is 1100. The van der Waals surface area contributed by atoms with Crippen LogP contribution in [0.1, 0.15) is 131 Å². The highest BCUT2D eigenvalue weighted by atomic mass is 16.5. The second kappa shape index (κ2) is 13.1. The molecule has 0 amide bonds. The quantitative estimate of drug-likeness (QED) is 0.113. The molecule has 0 saturated carbocycles. The molecule has 5 heteroatoms. The summed E-state index contributed by atoms with van der Waals surface area (Å²) in [5.74, 6) is 1.76. The van der Waals surface area contributed by atoms with Gasteiger partial charge in [-0.25, -0.2) is 0 Å². The van der Waals surface area contributed by atoms with Crippen molar-refractivity contribution in [3.05, 3.63) is 34.9 Å². The molecule has 0 N–H and O–H groups in total. The molecule has 0 bridgehead atoms. The molecule has 2 aliphatic rings. The van der Waals surface area contributed by atoms with Gasteiger partial charge >= 0.3 is 5.97 Å². The minimum atomic E-state index is -0.309. The van der Waals surface area contributed by atoms with Crippen molar-refractivity contribution in [3.8, 4) is 17.6 Å². The van der Waals surface area contributed by atoms with Crippen LogP contribution in [0, 0.1) is 23.2 Å². The summed E-state index contributed by atoms with van der Waals surface area (Å²) in [4.78, 5) is 16.0. The Kier molecular flexibility index (Phi) is 10.6. The van der Waals surface area contributed by atoms with Gasteiger partial charge < -0.3 is 9.47 Å². The number of benzene rings is 1. The van der Waals surface area contributed by atoms with Crippen molar-refractivity contribution in [3.63, 3.8) is 0 Å². The minimum absolute atomic E-state index is 0.140. The van der Waals surface area contributed by atoms with Gasteiger partial charge in [0.25, 0.3) is 0 Å². The van der Waals surface area contributed by atoms with Crippen molar-refractivity contribution in [2.24, 2.45) is 11.8 Å². The highest BCUT2D eigenvalue weighted by Gasteiger charge is 2.46. The number of ether oxygens (including phenoxy) is 2. The molecule has 40 heavy (non-hydrogen) atoms. The lowest BCUT2D eigenvalue weighted by molar-refractivity contribution is -0.138. The Morgan fingerprint density at radius 1 is 1.18 bits per heavy atom. The molecular formula is C35H54N2O3. The SMILES string of the molecule is CC1=CC[C@@H]2[C@@H](C1)c1c(OC(=O)C(C)CCN(C(C)C)C(C)C)cc(C(C)(C)CCCCC#N)cc1OC2(C)C. The van der Waals surface area contributed by atoms with Crippen molar-refractivity contribution in [2.45, 2.75) is 143 Å². The van der Waals surface area contributed by atoms with Gasteiger partial charge in [0.15, 0.2) is 0 Å². The molecule has 0 spiro atoms. The van der Waals surface area contributed by atoms with E-state index in [0.717, 1.165) is 61.9 Å². The predicted octanol–water partition coefficient (Wildman–Crippen LogP) is 8.71. The fourth-order valence-corrected chi connectivity index (χ4v) is 6.72. The van der Waals surface area contributed by atoms with Gasteiger partial charge in [-0.05, 0) is 110 Å². The molecule has 1 aliphatic heterocycles. The molecule has 5 nitrogen and oxygen atoms in total. The number of rotatable bonds is 12. The summed E-state index contributed by atoms with van der Waals surface area (Å²) in [6.07, 6.45) is 8.45. The summed E-state index contributed by atoms with van der Waals surface area (Å²) in [7, 11) is 0. The summed E-state index contributed by atoms with van der Waals surface area (Å²) in [5.41, 5.74) is 3.13. The molecule has 0 fully saturated rings. The smallest absolute Gasteiger partial charge is 0.314 e. The molecule has 0 aromatic heterocycles. The number of carbonyl (C=O) groups is 1. The van der Waals surface area contributed by atoms with Gasteiger partial charge in [0.1, 0.15) is 17.1 Å². The van der Waals surface area contributed by atoms with Crippen molar-refractivity contribution in [2.75, 3.05) is 6.54 Å². The lowest BCUT2D eigenvalue weighted by Crippen LogP contribution is -2.45. The van der Waals surface area contributed by atoms with E-state index in [0.29, 0.717) is 30.2 Å². The van der Waals surface area contributed by atoms with E-state index in [1.165, 1.54) is 5.57 Å². The summed E-state index contributed by atoms with van der Waals surface area (Å²) >= 11 is 0. The number of unbranched alkanes of at least 4 members (excludes halogenated alkanes) is 2. The van der Waals surface area contributed by atoms with Crippen LogP contribution < -0.4 is 9.47 Å². The summed E-state index contributed by atoms with van der Waals surface area (Å²) in [6.45, 7) is 22.8. The molecule has 3 atom stereocenters. The van der Waals surface area contributed by atoms with Gasteiger partial charge in [-0.2, -0.15) is 5.26 Å². The Morgan fingerprint density at radius 2 is 1.85 bits per heavy atom. The zero-order valence-electron chi connectivity index (χ0n) is 26.9. The van der Waals surface area contributed by atoms with Crippen molar-refractivity contribution < 1.29 is 14.3 Å². The Morgan fingerprint density at radius 3 is 2.48 bits per heavy atom. The molecule has 0 radical (unpaired) electrons. The van der Waals surface area contributed by atoms with E-state index >= 15 is 0 Å². The number of nitrogens with zero attached hydrogens (tertiary/aromatic N) is 2. The van der Waals surface area contributed by atoms with Crippen LogP contribution in [0.15, 0.2) is 23.8 Å². The normalized spacial score (nSPS) is 20.9. The lowest BCUT2D eigenvalue weighted by Gasteiger charge is -2.47. The first-order valence-electron chi connectivity index (χ1n) is 15.5. The molecule has 1 aromatic carbocycles. The number of allylic oxidation sites excluding steroid dienone is 2. The van der Waals surface area contributed by atoms with Crippen LogP contribution in [0.5, 0.6) is 11.5 Å². The summed E-state index contributed by atoms with van der Waals surface area (Å²) < 4.78 is 13.1.